The SMILES string of the molecule is O=C1[N]C(=O)C2(CCN(c3ncccn3)CC2)N1. The maximum atomic E-state index is 11.7. The molecule has 1 spiro atoms. The molecule has 0 bridgehead atoms. The topological polar surface area (TPSA) is 89.3 Å². The van der Waals surface area contributed by atoms with Gasteiger partial charge in [0.05, 0.1) is 0 Å². The summed E-state index contributed by atoms with van der Waals surface area (Å²) in [5.74, 6) is 0.308. The largest absolute Gasteiger partial charge is 0.345 e. The van der Waals surface area contributed by atoms with E-state index in [0.29, 0.717) is 31.9 Å². The highest BCUT2D eigenvalue weighted by Gasteiger charge is 2.49. The van der Waals surface area contributed by atoms with Crippen molar-refractivity contribution in [3.63, 3.8) is 0 Å². The standard InChI is InChI=1S/C11H12N5O2/c17-8-11(15-10(18)14-8)2-6-16(7-3-11)9-12-4-1-5-13-9/h1,4-5H,2-3,6-7H2,(H,15,18). The summed E-state index contributed by atoms with van der Waals surface area (Å²) in [6.07, 6.45) is 4.45. The van der Waals surface area contributed by atoms with Crippen molar-refractivity contribution in [3.8, 4) is 0 Å². The highest BCUT2D eigenvalue weighted by Crippen LogP contribution is 2.27. The van der Waals surface area contributed by atoms with Crippen molar-refractivity contribution < 1.29 is 9.59 Å². The number of amides is 3. The van der Waals surface area contributed by atoms with Crippen molar-refractivity contribution in [1.82, 2.24) is 20.6 Å². The van der Waals surface area contributed by atoms with Gasteiger partial charge in [-0.05, 0) is 18.9 Å². The third-order valence-electron chi connectivity index (χ3n) is 3.41. The molecule has 3 heterocycles. The summed E-state index contributed by atoms with van der Waals surface area (Å²) < 4.78 is 0. The second-order valence-electron chi connectivity index (χ2n) is 4.47. The molecule has 1 N–H and O–H groups in total. The molecule has 3 amide bonds. The fraction of sp³-hybridized carbons (Fsp3) is 0.455. The maximum Gasteiger partial charge on any atom is 0.345 e. The van der Waals surface area contributed by atoms with Crippen LogP contribution in [0, 0.1) is 0 Å². The van der Waals surface area contributed by atoms with Crippen LogP contribution in [-0.4, -0.2) is 40.5 Å². The molecular weight excluding hydrogens is 234 g/mol. The van der Waals surface area contributed by atoms with Crippen LogP contribution in [0.4, 0.5) is 10.7 Å². The lowest BCUT2D eigenvalue weighted by Gasteiger charge is -2.36. The predicted octanol–water partition coefficient (Wildman–Crippen LogP) is -0.330. The van der Waals surface area contributed by atoms with Gasteiger partial charge in [-0.3, -0.25) is 4.79 Å². The number of hydrogen-bond donors (Lipinski definition) is 1. The number of hydrogen-bond acceptors (Lipinski definition) is 5. The van der Waals surface area contributed by atoms with Gasteiger partial charge in [-0.2, -0.15) is 5.32 Å². The van der Waals surface area contributed by atoms with E-state index in [4.69, 9.17) is 0 Å². The highest BCUT2D eigenvalue weighted by molar-refractivity contribution is 6.06. The average Bonchev–Trinajstić information content (AvgIpc) is 2.66. The summed E-state index contributed by atoms with van der Waals surface area (Å²) in [5, 5.41) is 6.09. The predicted molar refractivity (Wildman–Crippen MR) is 61.9 cm³/mol. The van der Waals surface area contributed by atoms with Gasteiger partial charge in [0.25, 0.3) is 5.91 Å². The Morgan fingerprint density at radius 3 is 2.39 bits per heavy atom. The molecule has 0 unspecified atom stereocenters. The van der Waals surface area contributed by atoms with Crippen LogP contribution in [0.1, 0.15) is 12.8 Å². The molecule has 0 aromatic carbocycles. The molecule has 18 heavy (non-hydrogen) atoms. The van der Waals surface area contributed by atoms with Crippen LogP contribution < -0.4 is 15.5 Å². The lowest BCUT2D eigenvalue weighted by atomic mass is 9.88. The Balaban J connectivity index is 1.72. The Morgan fingerprint density at radius 2 is 1.83 bits per heavy atom. The van der Waals surface area contributed by atoms with Gasteiger partial charge in [0.15, 0.2) is 0 Å². The van der Waals surface area contributed by atoms with Gasteiger partial charge in [0.1, 0.15) is 5.54 Å². The minimum atomic E-state index is -0.789. The van der Waals surface area contributed by atoms with Crippen molar-refractivity contribution >= 4 is 17.9 Å². The summed E-state index contributed by atoms with van der Waals surface area (Å²) >= 11 is 0. The van der Waals surface area contributed by atoms with E-state index in [-0.39, 0.29) is 5.91 Å². The number of nitrogens with one attached hydrogen (secondary N) is 1. The zero-order chi connectivity index (χ0) is 12.6. The molecule has 2 aliphatic rings. The quantitative estimate of drug-likeness (QED) is 0.685. The van der Waals surface area contributed by atoms with Gasteiger partial charge in [0.2, 0.25) is 5.95 Å². The van der Waals surface area contributed by atoms with Gasteiger partial charge in [-0.25, -0.2) is 14.8 Å². The second-order valence-corrected chi connectivity index (χ2v) is 4.47. The van der Waals surface area contributed by atoms with Gasteiger partial charge < -0.3 is 10.2 Å². The number of nitrogens with zero attached hydrogens (tertiary/aromatic N) is 4. The fourth-order valence-corrected chi connectivity index (χ4v) is 2.37. The molecular formula is C11H12N5O2. The molecule has 1 aromatic heterocycles. The van der Waals surface area contributed by atoms with Crippen LogP contribution in [-0.2, 0) is 4.79 Å². The first-order valence-corrected chi connectivity index (χ1v) is 5.80. The zero-order valence-corrected chi connectivity index (χ0v) is 9.67. The molecule has 7 nitrogen and oxygen atoms in total. The number of carbonyl (C=O) groups excluding carboxylic acids is 2. The van der Waals surface area contributed by atoms with Crippen LogP contribution in [0.15, 0.2) is 18.5 Å². The number of piperidine rings is 1. The number of urea groups is 1. The molecule has 0 aliphatic carbocycles. The van der Waals surface area contributed by atoms with E-state index in [2.05, 4.69) is 20.6 Å². The van der Waals surface area contributed by atoms with Gasteiger partial charge in [0, 0.05) is 25.5 Å². The lowest BCUT2D eigenvalue weighted by Crippen LogP contribution is -2.54. The van der Waals surface area contributed by atoms with Crippen molar-refractivity contribution in [1.29, 1.82) is 0 Å². The fourth-order valence-electron chi connectivity index (χ4n) is 2.37. The Labute approximate surface area is 104 Å². The third kappa shape index (κ3) is 1.68. The summed E-state index contributed by atoms with van der Waals surface area (Å²) in [6, 6.07) is 1.23. The van der Waals surface area contributed by atoms with E-state index in [1.54, 1.807) is 18.5 Å². The Bertz CT molecular complexity index is 481. The molecule has 93 valence electrons. The van der Waals surface area contributed by atoms with Crippen LogP contribution in [0.5, 0.6) is 0 Å². The summed E-state index contributed by atoms with van der Waals surface area (Å²) in [5.41, 5.74) is -0.789. The maximum absolute atomic E-state index is 11.7. The first-order chi connectivity index (χ1) is 8.70. The Kier molecular flexibility index (Phi) is 2.39. The van der Waals surface area contributed by atoms with E-state index in [9.17, 15) is 9.59 Å². The van der Waals surface area contributed by atoms with Crippen LogP contribution >= 0.6 is 0 Å². The molecule has 3 rings (SSSR count). The number of imide groups is 1. The Hall–Kier alpha value is -2.18. The third-order valence-corrected chi connectivity index (χ3v) is 3.41. The minimum Gasteiger partial charge on any atom is -0.341 e. The summed E-state index contributed by atoms with van der Waals surface area (Å²) in [6.45, 7) is 1.26. The molecule has 1 radical (unpaired) electrons. The van der Waals surface area contributed by atoms with Crippen molar-refractivity contribution in [2.45, 2.75) is 18.4 Å². The molecule has 2 aliphatic heterocycles. The van der Waals surface area contributed by atoms with Crippen molar-refractivity contribution in [3.05, 3.63) is 18.5 Å². The lowest BCUT2D eigenvalue weighted by molar-refractivity contribution is -0.124. The molecule has 2 saturated heterocycles. The van der Waals surface area contributed by atoms with E-state index < -0.39 is 11.6 Å². The molecule has 2 fully saturated rings. The molecule has 1 aromatic rings. The van der Waals surface area contributed by atoms with E-state index in [1.165, 1.54) is 0 Å². The van der Waals surface area contributed by atoms with Gasteiger partial charge in [-0.1, -0.05) is 0 Å². The molecule has 0 saturated carbocycles. The normalized spacial score (nSPS) is 21.9. The van der Waals surface area contributed by atoms with E-state index in [1.807, 2.05) is 4.90 Å². The monoisotopic (exact) mass is 246 g/mol. The molecule has 7 heteroatoms. The number of carbonyl (C=O) groups is 2. The van der Waals surface area contributed by atoms with Gasteiger partial charge >= 0.3 is 6.03 Å². The highest BCUT2D eigenvalue weighted by atomic mass is 16.2. The van der Waals surface area contributed by atoms with Crippen molar-refractivity contribution in [2.75, 3.05) is 18.0 Å². The first-order valence-electron chi connectivity index (χ1n) is 5.80. The number of rotatable bonds is 1. The number of aromatic nitrogens is 2. The van der Waals surface area contributed by atoms with E-state index >= 15 is 0 Å². The first kappa shape index (κ1) is 10.9. The van der Waals surface area contributed by atoms with Crippen LogP contribution in [0.25, 0.3) is 0 Å². The average molecular weight is 246 g/mol. The smallest absolute Gasteiger partial charge is 0.341 e. The minimum absolute atomic E-state index is 0.346. The molecule has 0 atom stereocenters. The van der Waals surface area contributed by atoms with Crippen LogP contribution in [0.2, 0.25) is 0 Å². The van der Waals surface area contributed by atoms with Crippen LogP contribution in [0.3, 0.4) is 0 Å². The van der Waals surface area contributed by atoms with Gasteiger partial charge in [-0.15, -0.1) is 0 Å². The summed E-state index contributed by atoms with van der Waals surface area (Å²) in [4.78, 5) is 33.2. The summed E-state index contributed by atoms with van der Waals surface area (Å²) in [7, 11) is 0. The van der Waals surface area contributed by atoms with E-state index in [0.717, 1.165) is 0 Å². The van der Waals surface area contributed by atoms with Crippen molar-refractivity contribution in [2.24, 2.45) is 0 Å². The second kappa shape index (κ2) is 3.94. The zero-order valence-electron chi connectivity index (χ0n) is 9.67. The Morgan fingerprint density at radius 1 is 1.17 bits per heavy atom. The number of anilines is 1.